The topological polar surface area (TPSA) is 71.2 Å². The van der Waals surface area contributed by atoms with Crippen molar-refractivity contribution in [3.8, 4) is 16.9 Å². The van der Waals surface area contributed by atoms with Crippen LogP contribution in [0.4, 0.5) is 10.1 Å². The van der Waals surface area contributed by atoms with Crippen LogP contribution < -0.4 is 15.6 Å². The zero-order valence-electron chi connectivity index (χ0n) is 11.7. The normalized spacial score (nSPS) is 10.2. The molecule has 0 aliphatic rings. The molecule has 2 rings (SSSR count). The SMILES string of the molecule is CCOc1cc(=O)[nH]cc1-c1ccc(NC(C)=O)c(F)c1. The third kappa shape index (κ3) is 3.47. The van der Waals surface area contributed by atoms with Gasteiger partial charge in [-0.2, -0.15) is 0 Å². The van der Waals surface area contributed by atoms with Crippen molar-refractivity contribution in [3.05, 3.63) is 46.6 Å². The molecule has 0 atom stereocenters. The Balaban J connectivity index is 2.45. The Morgan fingerprint density at radius 2 is 2.14 bits per heavy atom. The first-order chi connectivity index (χ1) is 10.0. The summed E-state index contributed by atoms with van der Waals surface area (Å²) in [6.45, 7) is 3.50. The molecule has 0 aliphatic carbocycles. The van der Waals surface area contributed by atoms with Gasteiger partial charge in [-0.05, 0) is 24.6 Å². The molecule has 2 aromatic rings. The minimum atomic E-state index is -0.559. The standard InChI is InChI=1S/C15H15FN2O3/c1-3-21-14-7-15(20)17-8-11(14)10-4-5-13(12(16)6-10)18-9(2)19/h4-8H,3H2,1-2H3,(H,17,20)(H,18,19). The highest BCUT2D eigenvalue weighted by Crippen LogP contribution is 2.30. The van der Waals surface area contributed by atoms with Crippen LogP contribution in [0.25, 0.3) is 11.1 Å². The lowest BCUT2D eigenvalue weighted by atomic mass is 10.1. The first-order valence-corrected chi connectivity index (χ1v) is 6.44. The summed E-state index contributed by atoms with van der Waals surface area (Å²) in [5.41, 5.74) is 0.928. The fourth-order valence-electron chi connectivity index (χ4n) is 1.93. The Hall–Kier alpha value is -2.63. The molecule has 6 heteroatoms. The molecular formula is C15H15FN2O3. The molecule has 1 heterocycles. The monoisotopic (exact) mass is 290 g/mol. The van der Waals surface area contributed by atoms with Crippen molar-refractivity contribution < 1.29 is 13.9 Å². The molecule has 1 aromatic carbocycles. The van der Waals surface area contributed by atoms with Crippen molar-refractivity contribution >= 4 is 11.6 Å². The number of rotatable bonds is 4. The maximum atomic E-state index is 14.0. The highest BCUT2D eigenvalue weighted by atomic mass is 19.1. The van der Waals surface area contributed by atoms with E-state index in [0.29, 0.717) is 23.5 Å². The van der Waals surface area contributed by atoms with Crippen LogP contribution >= 0.6 is 0 Å². The van der Waals surface area contributed by atoms with E-state index in [1.165, 1.54) is 31.3 Å². The van der Waals surface area contributed by atoms with Crippen molar-refractivity contribution in [3.63, 3.8) is 0 Å². The van der Waals surface area contributed by atoms with Crippen molar-refractivity contribution in [2.24, 2.45) is 0 Å². The third-order valence-corrected chi connectivity index (χ3v) is 2.78. The van der Waals surface area contributed by atoms with E-state index in [-0.39, 0.29) is 17.2 Å². The summed E-state index contributed by atoms with van der Waals surface area (Å²) < 4.78 is 19.4. The molecule has 0 saturated heterocycles. The van der Waals surface area contributed by atoms with Gasteiger partial charge in [0.1, 0.15) is 11.6 Å². The van der Waals surface area contributed by atoms with Gasteiger partial charge in [0.05, 0.1) is 12.3 Å². The number of carbonyl (C=O) groups excluding carboxylic acids is 1. The quantitative estimate of drug-likeness (QED) is 0.909. The molecule has 0 saturated carbocycles. The van der Waals surface area contributed by atoms with E-state index in [2.05, 4.69) is 10.3 Å². The number of amides is 1. The molecule has 0 spiro atoms. The maximum Gasteiger partial charge on any atom is 0.251 e. The van der Waals surface area contributed by atoms with E-state index in [1.807, 2.05) is 0 Å². The van der Waals surface area contributed by atoms with Crippen molar-refractivity contribution in [1.82, 2.24) is 4.98 Å². The fourth-order valence-corrected chi connectivity index (χ4v) is 1.93. The number of carbonyl (C=O) groups is 1. The number of hydrogen-bond donors (Lipinski definition) is 2. The van der Waals surface area contributed by atoms with Gasteiger partial charge in [0, 0.05) is 24.8 Å². The summed E-state index contributed by atoms with van der Waals surface area (Å²) in [6, 6.07) is 5.71. The summed E-state index contributed by atoms with van der Waals surface area (Å²) in [7, 11) is 0. The Morgan fingerprint density at radius 1 is 1.38 bits per heavy atom. The fraction of sp³-hybridized carbons (Fsp3) is 0.200. The lowest BCUT2D eigenvalue weighted by Crippen LogP contribution is -2.08. The van der Waals surface area contributed by atoms with E-state index < -0.39 is 5.82 Å². The Kier molecular flexibility index (Phi) is 4.37. The average Bonchev–Trinajstić information content (AvgIpc) is 2.41. The second-order valence-electron chi connectivity index (χ2n) is 4.38. The van der Waals surface area contributed by atoms with E-state index in [9.17, 15) is 14.0 Å². The van der Waals surface area contributed by atoms with Gasteiger partial charge in [-0.3, -0.25) is 9.59 Å². The molecule has 5 nitrogen and oxygen atoms in total. The number of aromatic nitrogens is 1. The smallest absolute Gasteiger partial charge is 0.251 e. The van der Waals surface area contributed by atoms with Crippen LogP contribution in [0.1, 0.15) is 13.8 Å². The van der Waals surface area contributed by atoms with Crippen LogP contribution in [0.15, 0.2) is 35.3 Å². The Morgan fingerprint density at radius 3 is 2.76 bits per heavy atom. The molecule has 0 unspecified atom stereocenters. The van der Waals surface area contributed by atoms with Crippen LogP contribution in [-0.2, 0) is 4.79 Å². The summed E-state index contributed by atoms with van der Waals surface area (Å²) in [5, 5.41) is 2.40. The lowest BCUT2D eigenvalue weighted by molar-refractivity contribution is -0.114. The molecular weight excluding hydrogens is 275 g/mol. The molecule has 1 aromatic heterocycles. The largest absolute Gasteiger partial charge is 0.493 e. The second kappa shape index (κ2) is 6.21. The van der Waals surface area contributed by atoms with Crippen molar-refractivity contribution in [1.29, 1.82) is 0 Å². The van der Waals surface area contributed by atoms with Crippen molar-refractivity contribution in [2.75, 3.05) is 11.9 Å². The first kappa shape index (κ1) is 14.8. The predicted octanol–water partition coefficient (Wildman–Crippen LogP) is 2.54. The van der Waals surface area contributed by atoms with E-state index in [1.54, 1.807) is 13.0 Å². The minimum Gasteiger partial charge on any atom is -0.493 e. The second-order valence-corrected chi connectivity index (χ2v) is 4.38. The van der Waals surface area contributed by atoms with E-state index in [0.717, 1.165) is 0 Å². The number of pyridine rings is 1. The van der Waals surface area contributed by atoms with Crippen LogP contribution in [0.2, 0.25) is 0 Å². The number of H-pyrrole nitrogens is 1. The molecule has 0 bridgehead atoms. The van der Waals surface area contributed by atoms with Gasteiger partial charge in [0.25, 0.3) is 5.56 Å². The van der Waals surface area contributed by atoms with E-state index in [4.69, 9.17) is 4.74 Å². The summed E-state index contributed by atoms with van der Waals surface area (Å²) in [4.78, 5) is 24.8. The van der Waals surface area contributed by atoms with Crippen LogP contribution in [0.5, 0.6) is 5.75 Å². The lowest BCUT2D eigenvalue weighted by Gasteiger charge is -2.11. The number of benzene rings is 1. The number of anilines is 1. The van der Waals surface area contributed by atoms with Gasteiger partial charge >= 0.3 is 0 Å². The predicted molar refractivity (Wildman–Crippen MR) is 77.9 cm³/mol. The Bertz CT molecular complexity index is 725. The van der Waals surface area contributed by atoms with E-state index >= 15 is 0 Å². The number of halogens is 1. The van der Waals surface area contributed by atoms with Crippen LogP contribution in [-0.4, -0.2) is 17.5 Å². The van der Waals surface area contributed by atoms with Gasteiger partial charge in [-0.25, -0.2) is 4.39 Å². The van der Waals surface area contributed by atoms with Crippen LogP contribution in [0.3, 0.4) is 0 Å². The Labute approximate surface area is 120 Å². The minimum absolute atomic E-state index is 0.105. The summed E-state index contributed by atoms with van der Waals surface area (Å²) in [6.07, 6.45) is 1.47. The van der Waals surface area contributed by atoms with Gasteiger partial charge in [0.15, 0.2) is 0 Å². The van der Waals surface area contributed by atoms with Gasteiger partial charge in [-0.15, -0.1) is 0 Å². The van der Waals surface area contributed by atoms with Gasteiger partial charge in [-0.1, -0.05) is 6.07 Å². The number of aromatic amines is 1. The highest BCUT2D eigenvalue weighted by Gasteiger charge is 2.11. The molecule has 0 aliphatic heterocycles. The van der Waals surface area contributed by atoms with Crippen molar-refractivity contribution in [2.45, 2.75) is 13.8 Å². The number of hydrogen-bond acceptors (Lipinski definition) is 3. The van der Waals surface area contributed by atoms with Crippen LogP contribution in [0, 0.1) is 5.82 Å². The molecule has 0 radical (unpaired) electrons. The van der Waals surface area contributed by atoms with Gasteiger partial charge < -0.3 is 15.0 Å². The van der Waals surface area contributed by atoms with Gasteiger partial charge in [0.2, 0.25) is 5.91 Å². The molecule has 110 valence electrons. The molecule has 2 N–H and O–H groups in total. The number of nitrogens with one attached hydrogen (secondary N) is 2. The first-order valence-electron chi connectivity index (χ1n) is 6.44. The number of ether oxygens (including phenoxy) is 1. The third-order valence-electron chi connectivity index (χ3n) is 2.78. The maximum absolute atomic E-state index is 14.0. The highest BCUT2D eigenvalue weighted by molar-refractivity contribution is 5.89. The zero-order chi connectivity index (χ0) is 15.4. The molecule has 0 fully saturated rings. The molecule has 1 amide bonds. The zero-order valence-corrected chi connectivity index (χ0v) is 11.7. The molecule has 21 heavy (non-hydrogen) atoms. The summed E-state index contributed by atoms with van der Waals surface area (Å²) in [5.74, 6) is -0.523. The summed E-state index contributed by atoms with van der Waals surface area (Å²) >= 11 is 0. The average molecular weight is 290 g/mol.